The normalized spacial score (nSPS) is 19.2. The van der Waals surface area contributed by atoms with E-state index < -0.39 is 5.41 Å². The zero-order valence-corrected chi connectivity index (χ0v) is 12.6. The molecule has 0 unspecified atom stereocenters. The molecule has 2 N–H and O–H groups in total. The van der Waals surface area contributed by atoms with Crippen molar-refractivity contribution in [3.05, 3.63) is 11.6 Å². The van der Waals surface area contributed by atoms with Gasteiger partial charge in [0.2, 0.25) is 11.8 Å². The van der Waals surface area contributed by atoms with Gasteiger partial charge in [-0.25, -0.2) is 0 Å². The molecule has 0 aromatic rings. The van der Waals surface area contributed by atoms with Crippen LogP contribution in [0.25, 0.3) is 0 Å². The molecule has 2 rings (SSSR count). The zero-order valence-electron chi connectivity index (χ0n) is 12.6. The van der Waals surface area contributed by atoms with Crippen molar-refractivity contribution in [3.8, 4) is 0 Å². The molecule has 2 aliphatic carbocycles. The number of hydrogen-bond donors (Lipinski definition) is 2. The van der Waals surface area contributed by atoms with Crippen LogP contribution >= 0.6 is 0 Å². The van der Waals surface area contributed by atoms with Gasteiger partial charge in [-0.05, 0) is 58.8 Å². The largest absolute Gasteiger partial charge is 0.355 e. The topological polar surface area (TPSA) is 58.2 Å². The Morgan fingerprint density at radius 3 is 2.60 bits per heavy atom. The summed E-state index contributed by atoms with van der Waals surface area (Å²) in [4.78, 5) is 24.2. The van der Waals surface area contributed by atoms with E-state index >= 15 is 0 Å². The van der Waals surface area contributed by atoms with E-state index in [0.29, 0.717) is 12.6 Å². The van der Waals surface area contributed by atoms with Gasteiger partial charge in [0, 0.05) is 12.6 Å². The summed E-state index contributed by atoms with van der Waals surface area (Å²) >= 11 is 0. The molecule has 2 aliphatic rings. The minimum absolute atomic E-state index is 0.158. The molecular formula is C16H26N2O2. The van der Waals surface area contributed by atoms with Crippen LogP contribution < -0.4 is 10.6 Å². The molecule has 0 saturated heterocycles. The highest BCUT2D eigenvalue weighted by atomic mass is 16.2. The molecular weight excluding hydrogens is 252 g/mol. The summed E-state index contributed by atoms with van der Waals surface area (Å²) in [6, 6.07) is 0.293. The molecule has 0 atom stereocenters. The number of amides is 2. The summed E-state index contributed by atoms with van der Waals surface area (Å²) in [5, 5.41) is 5.81. The number of carbonyl (C=O) groups excluding carboxylic acids is 2. The Balaban J connectivity index is 1.74. The second kappa shape index (κ2) is 6.42. The lowest BCUT2D eigenvalue weighted by molar-refractivity contribution is -0.141. The summed E-state index contributed by atoms with van der Waals surface area (Å²) in [5.74, 6) is -0.332. The van der Waals surface area contributed by atoms with Crippen LogP contribution in [0.2, 0.25) is 0 Å². The first-order chi connectivity index (χ1) is 9.50. The fourth-order valence-corrected chi connectivity index (χ4v) is 2.39. The minimum Gasteiger partial charge on any atom is -0.355 e. The summed E-state index contributed by atoms with van der Waals surface area (Å²) in [7, 11) is 0. The molecule has 0 heterocycles. The third-order valence-corrected chi connectivity index (χ3v) is 4.16. The summed E-state index contributed by atoms with van der Waals surface area (Å²) in [6.45, 7) is 4.02. The molecule has 4 nitrogen and oxygen atoms in total. The van der Waals surface area contributed by atoms with Gasteiger partial charge in [-0.1, -0.05) is 11.6 Å². The average molecular weight is 278 g/mol. The molecule has 0 aromatic heterocycles. The zero-order chi connectivity index (χ0) is 14.6. The van der Waals surface area contributed by atoms with Crippen molar-refractivity contribution >= 4 is 11.8 Å². The molecule has 0 spiro atoms. The van der Waals surface area contributed by atoms with Crippen molar-refractivity contribution < 1.29 is 9.59 Å². The highest BCUT2D eigenvalue weighted by Gasteiger charge is 2.38. The SMILES string of the molecule is CC(C)(C(=O)NCCC1=CCCCC1)C(=O)NC1CC1. The molecule has 4 heteroatoms. The van der Waals surface area contributed by atoms with Crippen LogP contribution in [-0.4, -0.2) is 24.4 Å². The van der Waals surface area contributed by atoms with E-state index in [1.807, 2.05) is 0 Å². The number of rotatable bonds is 6. The average Bonchev–Trinajstić information content (AvgIpc) is 3.23. The second-order valence-electron chi connectivity index (χ2n) is 6.49. The van der Waals surface area contributed by atoms with Gasteiger partial charge < -0.3 is 10.6 Å². The predicted molar refractivity (Wildman–Crippen MR) is 79.1 cm³/mol. The van der Waals surface area contributed by atoms with Gasteiger partial charge in [0.15, 0.2) is 0 Å². The maximum atomic E-state index is 12.2. The Kier molecular flexibility index (Phi) is 4.84. The lowest BCUT2D eigenvalue weighted by atomic mass is 9.90. The van der Waals surface area contributed by atoms with E-state index in [4.69, 9.17) is 0 Å². The number of hydrogen-bond acceptors (Lipinski definition) is 2. The van der Waals surface area contributed by atoms with Gasteiger partial charge in [0.25, 0.3) is 0 Å². The molecule has 0 aromatic carbocycles. The Hall–Kier alpha value is -1.32. The van der Waals surface area contributed by atoms with Crippen LogP contribution in [0.4, 0.5) is 0 Å². The van der Waals surface area contributed by atoms with Crippen molar-refractivity contribution in [2.45, 2.75) is 64.8 Å². The first-order valence-electron chi connectivity index (χ1n) is 7.77. The van der Waals surface area contributed by atoms with Gasteiger partial charge in [-0.2, -0.15) is 0 Å². The molecule has 1 saturated carbocycles. The van der Waals surface area contributed by atoms with E-state index in [9.17, 15) is 9.59 Å². The summed E-state index contributed by atoms with van der Waals surface area (Å²) in [6.07, 6.45) is 10.1. The number of carbonyl (C=O) groups is 2. The van der Waals surface area contributed by atoms with E-state index in [2.05, 4.69) is 16.7 Å². The van der Waals surface area contributed by atoms with E-state index in [1.165, 1.54) is 24.8 Å². The maximum absolute atomic E-state index is 12.2. The van der Waals surface area contributed by atoms with Gasteiger partial charge in [0.05, 0.1) is 0 Å². The molecule has 0 bridgehead atoms. The quantitative estimate of drug-likeness (QED) is 0.578. The molecule has 2 amide bonds. The van der Waals surface area contributed by atoms with E-state index in [0.717, 1.165) is 25.7 Å². The van der Waals surface area contributed by atoms with Crippen molar-refractivity contribution in [2.75, 3.05) is 6.54 Å². The van der Waals surface area contributed by atoms with Crippen LogP contribution in [0.3, 0.4) is 0 Å². The fourth-order valence-electron chi connectivity index (χ4n) is 2.39. The van der Waals surface area contributed by atoms with Crippen molar-refractivity contribution in [3.63, 3.8) is 0 Å². The maximum Gasteiger partial charge on any atom is 0.235 e. The van der Waals surface area contributed by atoms with Gasteiger partial charge >= 0.3 is 0 Å². The molecule has 0 radical (unpaired) electrons. The number of nitrogens with one attached hydrogen (secondary N) is 2. The number of allylic oxidation sites excluding steroid dienone is 1. The first-order valence-corrected chi connectivity index (χ1v) is 7.77. The van der Waals surface area contributed by atoms with Crippen LogP contribution in [0.15, 0.2) is 11.6 Å². The van der Waals surface area contributed by atoms with E-state index in [1.54, 1.807) is 13.8 Å². The Bertz CT molecular complexity index is 409. The second-order valence-corrected chi connectivity index (χ2v) is 6.49. The standard InChI is InChI=1S/C16H26N2O2/c1-16(2,15(20)18-13-8-9-13)14(19)17-11-10-12-6-4-3-5-7-12/h6,13H,3-5,7-11H2,1-2H3,(H,17,19)(H,18,20). The van der Waals surface area contributed by atoms with Crippen LogP contribution in [0.5, 0.6) is 0 Å². The predicted octanol–water partition coefficient (Wildman–Crippen LogP) is 2.30. The fraction of sp³-hybridized carbons (Fsp3) is 0.750. The van der Waals surface area contributed by atoms with Crippen LogP contribution in [-0.2, 0) is 9.59 Å². The monoisotopic (exact) mass is 278 g/mol. The van der Waals surface area contributed by atoms with Gasteiger partial charge in [-0.3, -0.25) is 9.59 Å². The summed E-state index contributed by atoms with van der Waals surface area (Å²) < 4.78 is 0. The highest BCUT2D eigenvalue weighted by Crippen LogP contribution is 2.23. The lowest BCUT2D eigenvalue weighted by Crippen LogP contribution is -2.48. The van der Waals surface area contributed by atoms with Crippen molar-refractivity contribution in [1.29, 1.82) is 0 Å². The lowest BCUT2D eigenvalue weighted by Gasteiger charge is -2.23. The third-order valence-electron chi connectivity index (χ3n) is 4.16. The van der Waals surface area contributed by atoms with E-state index in [-0.39, 0.29) is 11.8 Å². The molecule has 0 aliphatic heterocycles. The molecule has 20 heavy (non-hydrogen) atoms. The van der Waals surface area contributed by atoms with Crippen molar-refractivity contribution in [1.82, 2.24) is 10.6 Å². The van der Waals surface area contributed by atoms with Crippen molar-refractivity contribution in [2.24, 2.45) is 5.41 Å². The summed E-state index contributed by atoms with van der Waals surface area (Å²) in [5.41, 5.74) is 0.459. The molecule has 112 valence electrons. The van der Waals surface area contributed by atoms with Gasteiger partial charge in [0.1, 0.15) is 5.41 Å². The highest BCUT2D eigenvalue weighted by molar-refractivity contribution is 6.04. The Morgan fingerprint density at radius 2 is 2.00 bits per heavy atom. The first kappa shape index (κ1) is 15.1. The van der Waals surface area contributed by atoms with Crippen LogP contribution in [0, 0.1) is 5.41 Å². The van der Waals surface area contributed by atoms with Gasteiger partial charge in [-0.15, -0.1) is 0 Å². The Morgan fingerprint density at radius 1 is 1.25 bits per heavy atom. The van der Waals surface area contributed by atoms with Crippen LogP contribution in [0.1, 0.15) is 58.8 Å². The third kappa shape index (κ3) is 4.09. The smallest absolute Gasteiger partial charge is 0.235 e. The molecule has 1 fully saturated rings. The minimum atomic E-state index is -0.983. The Labute approximate surface area is 121 Å².